The molecule has 3 rings (SSSR count). The molecule has 2 fully saturated rings. The van der Waals surface area contributed by atoms with E-state index in [9.17, 15) is 22.8 Å². The molecule has 2 aliphatic carbocycles. The van der Waals surface area contributed by atoms with Gasteiger partial charge in [0.2, 0.25) is 5.91 Å². The summed E-state index contributed by atoms with van der Waals surface area (Å²) in [5.41, 5.74) is -2.34. The number of nitrogens with zero attached hydrogens (tertiary/aromatic N) is 1. The van der Waals surface area contributed by atoms with Crippen molar-refractivity contribution in [1.82, 2.24) is 9.88 Å². The standard InChI is InChI=1S/C18H23F3N2O2/c1-16(2)11-6-7-17(16,3)13(9-11)22-14(24)10-23-8-4-5-12(15(23)25)18(19,20)21/h4-5,8,11,13H,6-7,9-10H2,1-3H3,(H,22,24). The third kappa shape index (κ3) is 2.77. The molecule has 0 saturated heterocycles. The maximum absolute atomic E-state index is 12.8. The lowest BCUT2D eigenvalue weighted by molar-refractivity contribution is -0.139. The summed E-state index contributed by atoms with van der Waals surface area (Å²) in [7, 11) is 0. The molecule has 1 aromatic rings. The fourth-order valence-corrected chi connectivity index (χ4v) is 4.69. The highest BCUT2D eigenvalue weighted by Crippen LogP contribution is 2.65. The number of pyridine rings is 1. The predicted octanol–water partition coefficient (Wildman–Crippen LogP) is 3.20. The molecule has 2 aliphatic rings. The summed E-state index contributed by atoms with van der Waals surface area (Å²) in [6, 6.07) is 1.87. The first-order chi connectivity index (χ1) is 11.5. The van der Waals surface area contributed by atoms with E-state index in [2.05, 4.69) is 26.1 Å². The molecular weight excluding hydrogens is 333 g/mol. The quantitative estimate of drug-likeness (QED) is 0.904. The number of fused-ring (bicyclic) bond motifs is 2. The van der Waals surface area contributed by atoms with Gasteiger partial charge in [-0.3, -0.25) is 9.59 Å². The highest BCUT2D eigenvalue weighted by atomic mass is 19.4. The molecule has 1 heterocycles. The molecule has 1 N–H and O–H groups in total. The van der Waals surface area contributed by atoms with Crippen molar-refractivity contribution in [1.29, 1.82) is 0 Å². The van der Waals surface area contributed by atoms with Gasteiger partial charge in [-0.25, -0.2) is 0 Å². The summed E-state index contributed by atoms with van der Waals surface area (Å²) in [4.78, 5) is 24.3. The van der Waals surface area contributed by atoms with Crippen LogP contribution in [0, 0.1) is 16.7 Å². The van der Waals surface area contributed by atoms with Crippen molar-refractivity contribution in [2.24, 2.45) is 16.7 Å². The van der Waals surface area contributed by atoms with E-state index in [1.807, 2.05) is 0 Å². The van der Waals surface area contributed by atoms with Crippen LogP contribution in [-0.4, -0.2) is 16.5 Å². The molecule has 0 aliphatic heterocycles. The van der Waals surface area contributed by atoms with Gasteiger partial charge in [0.05, 0.1) is 0 Å². The van der Waals surface area contributed by atoms with E-state index in [0.717, 1.165) is 36.0 Å². The molecule has 7 heteroatoms. The van der Waals surface area contributed by atoms with Crippen LogP contribution in [0.2, 0.25) is 0 Å². The zero-order valence-corrected chi connectivity index (χ0v) is 14.6. The first-order valence-electron chi connectivity index (χ1n) is 8.53. The highest BCUT2D eigenvalue weighted by Gasteiger charge is 2.61. The Morgan fingerprint density at radius 1 is 1.36 bits per heavy atom. The maximum atomic E-state index is 12.8. The van der Waals surface area contributed by atoms with Crippen molar-refractivity contribution in [3.63, 3.8) is 0 Å². The van der Waals surface area contributed by atoms with Crippen LogP contribution in [0.5, 0.6) is 0 Å². The third-order valence-corrected chi connectivity index (χ3v) is 6.77. The number of alkyl halides is 3. The monoisotopic (exact) mass is 356 g/mol. The summed E-state index contributed by atoms with van der Waals surface area (Å²) in [6.07, 6.45) is -0.461. The first kappa shape index (κ1) is 18.0. The van der Waals surface area contributed by atoms with Gasteiger partial charge in [-0.05, 0) is 48.1 Å². The van der Waals surface area contributed by atoms with Gasteiger partial charge < -0.3 is 9.88 Å². The molecule has 1 amide bonds. The summed E-state index contributed by atoms with van der Waals surface area (Å²) < 4.78 is 39.3. The van der Waals surface area contributed by atoms with Crippen LogP contribution in [0.1, 0.15) is 45.6 Å². The van der Waals surface area contributed by atoms with Crippen LogP contribution >= 0.6 is 0 Å². The van der Waals surface area contributed by atoms with E-state index >= 15 is 0 Å². The molecule has 2 bridgehead atoms. The molecule has 25 heavy (non-hydrogen) atoms. The topological polar surface area (TPSA) is 51.1 Å². The smallest absolute Gasteiger partial charge is 0.351 e. The van der Waals surface area contributed by atoms with E-state index < -0.39 is 29.8 Å². The first-order valence-corrected chi connectivity index (χ1v) is 8.53. The van der Waals surface area contributed by atoms with E-state index in [1.54, 1.807) is 0 Å². The number of carbonyl (C=O) groups is 1. The second-order valence-electron chi connectivity index (χ2n) is 8.08. The Labute approximate surface area is 144 Å². The molecule has 0 radical (unpaired) electrons. The highest BCUT2D eigenvalue weighted by molar-refractivity contribution is 5.76. The largest absolute Gasteiger partial charge is 0.421 e. The van der Waals surface area contributed by atoms with Crippen LogP contribution in [-0.2, 0) is 17.5 Å². The Balaban J connectivity index is 1.74. The number of aromatic nitrogens is 1. The van der Waals surface area contributed by atoms with Crippen LogP contribution in [0.3, 0.4) is 0 Å². The second kappa shape index (κ2) is 5.61. The van der Waals surface area contributed by atoms with E-state index in [0.29, 0.717) is 5.92 Å². The van der Waals surface area contributed by atoms with Gasteiger partial charge >= 0.3 is 6.18 Å². The van der Waals surface area contributed by atoms with Crippen molar-refractivity contribution in [3.8, 4) is 0 Å². The minimum absolute atomic E-state index is 0.00440. The minimum atomic E-state index is -4.72. The van der Waals surface area contributed by atoms with Gasteiger partial charge in [0.25, 0.3) is 5.56 Å². The fourth-order valence-electron chi connectivity index (χ4n) is 4.69. The van der Waals surface area contributed by atoms with Crippen molar-refractivity contribution in [3.05, 3.63) is 34.2 Å². The molecule has 1 aromatic heterocycles. The summed E-state index contributed by atoms with van der Waals surface area (Å²) >= 11 is 0. The molecule has 0 aromatic carbocycles. The lowest BCUT2D eigenvalue weighted by Crippen LogP contribution is -2.48. The van der Waals surface area contributed by atoms with E-state index in [-0.39, 0.29) is 16.9 Å². The zero-order chi connectivity index (χ0) is 18.6. The fraction of sp³-hybridized carbons (Fsp3) is 0.667. The summed E-state index contributed by atoms with van der Waals surface area (Å²) in [5, 5.41) is 2.96. The van der Waals surface area contributed by atoms with Crippen LogP contribution < -0.4 is 10.9 Å². The Hall–Kier alpha value is -1.79. The summed E-state index contributed by atoms with van der Waals surface area (Å²) in [5.74, 6) is 0.120. The Kier molecular flexibility index (Phi) is 4.04. The van der Waals surface area contributed by atoms with Crippen molar-refractivity contribution < 1.29 is 18.0 Å². The number of rotatable bonds is 3. The maximum Gasteiger partial charge on any atom is 0.421 e. The molecule has 4 nitrogen and oxygen atoms in total. The van der Waals surface area contributed by atoms with E-state index in [4.69, 9.17) is 0 Å². The van der Waals surface area contributed by atoms with Crippen molar-refractivity contribution >= 4 is 5.91 Å². The van der Waals surface area contributed by atoms with Crippen molar-refractivity contribution in [2.45, 2.75) is 58.8 Å². The molecule has 2 saturated carbocycles. The van der Waals surface area contributed by atoms with Gasteiger partial charge in [-0.15, -0.1) is 0 Å². The SMILES string of the molecule is CC1(C)C2CCC1(C)C(NC(=O)Cn1cccc(C(F)(F)F)c1=O)C2. The van der Waals surface area contributed by atoms with Gasteiger partial charge in [-0.2, -0.15) is 13.2 Å². The number of hydrogen-bond donors (Lipinski definition) is 1. The summed E-state index contributed by atoms with van der Waals surface area (Å²) in [6.45, 7) is 6.20. The Morgan fingerprint density at radius 3 is 2.56 bits per heavy atom. The van der Waals surface area contributed by atoms with Gasteiger partial charge in [-0.1, -0.05) is 20.8 Å². The Bertz CT molecular complexity index is 753. The van der Waals surface area contributed by atoms with Crippen LogP contribution in [0.4, 0.5) is 13.2 Å². The van der Waals surface area contributed by atoms with E-state index in [1.165, 1.54) is 6.20 Å². The number of carbonyl (C=O) groups excluding carboxylic acids is 1. The minimum Gasteiger partial charge on any atom is -0.351 e. The van der Waals surface area contributed by atoms with Crippen LogP contribution in [0.25, 0.3) is 0 Å². The zero-order valence-electron chi connectivity index (χ0n) is 14.6. The van der Waals surface area contributed by atoms with Gasteiger partial charge in [0, 0.05) is 12.2 Å². The third-order valence-electron chi connectivity index (χ3n) is 6.77. The van der Waals surface area contributed by atoms with Gasteiger partial charge in [0.1, 0.15) is 12.1 Å². The van der Waals surface area contributed by atoms with Gasteiger partial charge in [0.15, 0.2) is 0 Å². The van der Waals surface area contributed by atoms with Crippen LogP contribution in [0.15, 0.2) is 23.1 Å². The second-order valence-corrected chi connectivity index (χ2v) is 8.08. The predicted molar refractivity (Wildman–Crippen MR) is 86.9 cm³/mol. The molecule has 0 spiro atoms. The number of amides is 1. The molecule has 3 unspecified atom stereocenters. The number of halogens is 3. The molecular formula is C18H23F3N2O2. The average Bonchev–Trinajstić information content (AvgIpc) is 2.81. The lowest BCUT2D eigenvalue weighted by atomic mass is 9.69. The number of hydrogen-bond acceptors (Lipinski definition) is 2. The number of nitrogens with one attached hydrogen (secondary N) is 1. The molecule has 138 valence electrons. The average molecular weight is 356 g/mol. The van der Waals surface area contributed by atoms with Crippen molar-refractivity contribution in [2.75, 3.05) is 0 Å². The normalized spacial score (nSPS) is 30.5. The Morgan fingerprint density at radius 2 is 2.04 bits per heavy atom. The molecule has 3 atom stereocenters. The lowest BCUT2D eigenvalue weighted by Gasteiger charge is -2.39.